The molecule has 0 aliphatic carbocycles. The summed E-state index contributed by atoms with van der Waals surface area (Å²) in [5.41, 5.74) is 3.17. The Balaban J connectivity index is 2.53. The molecule has 0 amide bonds. The topological polar surface area (TPSA) is 55.1 Å². The van der Waals surface area contributed by atoms with Gasteiger partial charge in [0, 0.05) is 6.04 Å². The van der Waals surface area contributed by atoms with Crippen molar-refractivity contribution in [1.29, 1.82) is 0 Å². The van der Waals surface area contributed by atoms with Gasteiger partial charge in [0.2, 0.25) is 0 Å². The SMILES string of the molecule is Cc1ccc2c(c1)nc(SCC(=O)O)n2C(C)C(C)C. The normalized spacial score (nSPS) is 13.1. The van der Waals surface area contributed by atoms with Crippen molar-refractivity contribution >= 4 is 28.8 Å². The Morgan fingerprint density at radius 3 is 2.70 bits per heavy atom. The molecule has 108 valence electrons. The molecule has 1 aromatic heterocycles. The lowest BCUT2D eigenvalue weighted by Crippen LogP contribution is -2.13. The van der Waals surface area contributed by atoms with Gasteiger partial charge in [-0.2, -0.15) is 0 Å². The summed E-state index contributed by atoms with van der Waals surface area (Å²) in [5.74, 6) is -0.326. The van der Waals surface area contributed by atoms with Gasteiger partial charge in [0.15, 0.2) is 5.16 Å². The Hall–Kier alpha value is -1.49. The van der Waals surface area contributed by atoms with Crippen LogP contribution in [0, 0.1) is 12.8 Å². The van der Waals surface area contributed by atoms with Gasteiger partial charge in [0.05, 0.1) is 16.8 Å². The predicted octanol–water partition coefficient (Wildman–Crippen LogP) is 3.74. The van der Waals surface area contributed by atoms with Gasteiger partial charge in [-0.15, -0.1) is 0 Å². The molecule has 1 unspecified atom stereocenters. The minimum Gasteiger partial charge on any atom is -0.481 e. The molecule has 5 heteroatoms. The average Bonchev–Trinajstić information content (AvgIpc) is 2.72. The molecule has 0 radical (unpaired) electrons. The van der Waals surface area contributed by atoms with Crippen LogP contribution in [0.4, 0.5) is 0 Å². The zero-order valence-electron chi connectivity index (χ0n) is 12.3. The number of hydrogen-bond donors (Lipinski definition) is 1. The van der Waals surface area contributed by atoms with Gasteiger partial charge in [0.25, 0.3) is 0 Å². The Morgan fingerprint density at radius 1 is 1.40 bits per heavy atom. The van der Waals surface area contributed by atoms with Crippen molar-refractivity contribution in [2.45, 2.75) is 38.9 Å². The lowest BCUT2D eigenvalue weighted by Gasteiger charge is -2.20. The molecular weight excluding hydrogens is 272 g/mol. The maximum Gasteiger partial charge on any atom is 0.313 e. The maximum atomic E-state index is 10.8. The zero-order valence-corrected chi connectivity index (χ0v) is 13.1. The molecule has 1 N–H and O–H groups in total. The fraction of sp³-hybridized carbons (Fsp3) is 0.467. The van der Waals surface area contributed by atoms with E-state index in [-0.39, 0.29) is 11.8 Å². The van der Waals surface area contributed by atoms with E-state index in [0.29, 0.717) is 5.92 Å². The second kappa shape index (κ2) is 5.87. The summed E-state index contributed by atoms with van der Waals surface area (Å²) in [6, 6.07) is 6.46. The second-order valence-corrected chi connectivity index (χ2v) is 6.37. The number of aryl methyl sites for hydroxylation is 1. The molecule has 2 aromatic rings. The number of aliphatic carboxylic acids is 1. The molecule has 1 aromatic carbocycles. The third kappa shape index (κ3) is 2.98. The highest BCUT2D eigenvalue weighted by Gasteiger charge is 2.19. The number of carboxylic acid groups (broad SMARTS) is 1. The van der Waals surface area contributed by atoms with Crippen LogP contribution in [0.25, 0.3) is 11.0 Å². The molecule has 4 nitrogen and oxygen atoms in total. The van der Waals surface area contributed by atoms with E-state index in [1.165, 1.54) is 11.8 Å². The van der Waals surface area contributed by atoms with E-state index in [1.54, 1.807) is 0 Å². The van der Waals surface area contributed by atoms with Gasteiger partial charge >= 0.3 is 5.97 Å². The molecule has 20 heavy (non-hydrogen) atoms. The minimum atomic E-state index is -0.818. The lowest BCUT2D eigenvalue weighted by molar-refractivity contribution is -0.133. The van der Waals surface area contributed by atoms with Gasteiger partial charge in [-0.3, -0.25) is 4.79 Å². The minimum absolute atomic E-state index is 0.0348. The van der Waals surface area contributed by atoms with E-state index in [4.69, 9.17) is 5.11 Å². The molecule has 0 spiro atoms. The highest BCUT2D eigenvalue weighted by atomic mass is 32.2. The maximum absolute atomic E-state index is 10.8. The monoisotopic (exact) mass is 292 g/mol. The number of hydrogen-bond acceptors (Lipinski definition) is 3. The molecule has 0 bridgehead atoms. The van der Waals surface area contributed by atoms with Crippen LogP contribution in [0.15, 0.2) is 23.4 Å². The van der Waals surface area contributed by atoms with Gasteiger partial charge in [-0.05, 0) is 37.5 Å². The van der Waals surface area contributed by atoms with Crippen LogP contribution in [0.1, 0.15) is 32.4 Å². The fourth-order valence-corrected chi connectivity index (χ4v) is 2.93. The van der Waals surface area contributed by atoms with Crippen molar-refractivity contribution in [3.63, 3.8) is 0 Å². The van der Waals surface area contributed by atoms with E-state index < -0.39 is 5.97 Å². The third-order valence-electron chi connectivity index (χ3n) is 3.51. The number of rotatable bonds is 5. The Bertz CT molecular complexity index is 634. The van der Waals surface area contributed by atoms with E-state index in [1.807, 2.05) is 13.0 Å². The number of carboxylic acids is 1. The Kier molecular flexibility index (Phi) is 4.38. The van der Waals surface area contributed by atoms with Crippen LogP contribution in [-0.4, -0.2) is 26.4 Å². The largest absolute Gasteiger partial charge is 0.481 e. The van der Waals surface area contributed by atoms with Crippen LogP contribution in [0.3, 0.4) is 0 Å². The summed E-state index contributed by atoms with van der Waals surface area (Å²) in [5, 5.41) is 9.66. The quantitative estimate of drug-likeness (QED) is 0.853. The van der Waals surface area contributed by atoms with Gasteiger partial charge in [0.1, 0.15) is 0 Å². The van der Waals surface area contributed by atoms with Crippen molar-refractivity contribution in [1.82, 2.24) is 9.55 Å². The summed E-state index contributed by atoms with van der Waals surface area (Å²) in [6.45, 7) is 8.51. The molecule has 0 aliphatic rings. The molecule has 1 heterocycles. The molecule has 0 saturated heterocycles. The van der Waals surface area contributed by atoms with E-state index in [2.05, 4.69) is 42.5 Å². The van der Waals surface area contributed by atoms with Gasteiger partial charge in [-0.25, -0.2) is 4.98 Å². The van der Waals surface area contributed by atoms with Crippen molar-refractivity contribution in [3.8, 4) is 0 Å². The number of aromatic nitrogens is 2. The summed E-state index contributed by atoms with van der Waals surface area (Å²) in [6.07, 6.45) is 0. The number of nitrogens with zero attached hydrogens (tertiary/aromatic N) is 2. The van der Waals surface area contributed by atoms with Crippen LogP contribution in [0.5, 0.6) is 0 Å². The molecule has 0 fully saturated rings. The van der Waals surface area contributed by atoms with Gasteiger partial charge in [-0.1, -0.05) is 31.7 Å². The third-order valence-corrected chi connectivity index (χ3v) is 4.45. The number of fused-ring (bicyclic) bond motifs is 1. The molecule has 2 rings (SSSR count). The van der Waals surface area contributed by atoms with Crippen LogP contribution >= 0.6 is 11.8 Å². The number of carbonyl (C=O) groups is 1. The number of benzene rings is 1. The Labute approximate surface area is 123 Å². The van der Waals surface area contributed by atoms with E-state index >= 15 is 0 Å². The first kappa shape index (κ1) is 14.9. The predicted molar refractivity (Wildman–Crippen MR) is 82.4 cm³/mol. The summed E-state index contributed by atoms with van der Waals surface area (Å²) >= 11 is 1.28. The first-order valence-corrected chi connectivity index (χ1v) is 7.72. The van der Waals surface area contributed by atoms with Crippen molar-refractivity contribution in [2.24, 2.45) is 5.92 Å². The van der Waals surface area contributed by atoms with E-state index in [9.17, 15) is 4.79 Å². The average molecular weight is 292 g/mol. The Morgan fingerprint density at radius 2 is 2.10 bits per heavy atom. The van der Waals surface area contributed by atoms with Crippen molar-refractivity contribution in [3.05, 3.63) is 23.8 Å². The summed E-state index contributed by atoms with van der Waals surface area (Å²) < 4.78 is 2.16. The number of imidazole rings is 1. The van der Waals surface area contributed by atoms with Crippen molar-refractivity contribution < 1.29 is 9.90 Å². The van der Waals surface area contributed by atoms with Crippen LogP contribution in [0.2, 0.25) is 0 Å². The molecular formula is C15H20N2O2S. The van der Waals surface area contributed by atoms with Gasteiger partial charge < -0.3 is 9.67 Å². The van der Waals surface area contributed by atoms with Crippen LogP contribution < -0.4 is 0 Å². The second-order valence-electron chi connectivity index (χ2n) is 5.42. The fourth-order valence-electron chi connectivity index (χ4n) is 2.11. The number of thioether (sulfide) groups is 1. The van der Waals surface area contributed by atoms with Crippen LogP contribution in [-0.2, 0) is 4.79 Å². The molecule has 1 atom stereocenters. The highest BCUT2D eigenvalue weighted by molar-refractivity contribution is 7.99. The first-order valence-electron chi connectivity index (χ1n) is 6.73. The first-order chi connectivity index (χ1) is 9.40. The van der Waals surface area contributed by atoms with E-state index in [0.717, 1.165) is 21.8 Å². The standard InChI is InChI=1S/C15H20N2O2S/c1-9(2)11(4)17-13-6-5-10(3)7-12(13)16-15(17)20-8-14(18)19/h5-7,9,11H,8H2,1-4H3,(H,18,19). The summed E-state index contributed by atoms with van der Waals surface area (Å²) in [4.78, 5) is 15.4. The van der Waals surface area contributed by atoms with Crippen molar-refractivity contribution in [2.75, 3.05) is 5.75 Å². The molecule has 0 saturated carbocycles. The lowest BCUT2D eigenvalue weighted by atomic mass is 10.1. The zero-order chi connectivity index (χ0) is 14.9. The smallest absolute Gasteiger partial charge is 0.313 e. The highest BCUT2D eigenvalue weighted by Crippen LogP contribution is 2.31. The summed E-state index contributed by atoms with van der Waals surface area (Å²) in [7, 11) is 0. The molecule has 0 aliphatic heterocycles.